The second kappa shape index (κ2) is 7.01. The minimum absolute atomic E-state index is 0.171. The zero-order valence-corrected chi connectivity index (χ0v) is 13.3. The Bertz CT molecular complexity index is 795. The van der Waals surface area contributed by atoms with Gasteiger partial charge in [0, 0.05) is 18.4 Å². The van der Waals surface area contributed by atoms with E-state index in [2.05, 4.69) is 5.32 Å². The van der Waals surface area contributed by atoms with Crippen LogP contribution in [0.1, 0.15) is 23.5 Å². The molecule has 0 aliphatic heterocycles. The zero-order chi connectivity index (χ0) is 18.0. The molecule has 6 heteroatoms. The van der Waals surface area contributed by atoms with E-state index in [1.165, 1.54) is 6.07 Å². The van der Waals surface area contributed by atoms with Crippen molar-refractivity contribution in [3.63, 3.8) is 0 Å². The molecule has 0 bridgehead atoms. The number of hydrogen-bond acceptors (Lipinski definition) is 2. The Kier molecular flexibility index (Phi) is 4.79. The number of carbonyl (C=O) groups excluding carboxylic acids is 1. The van der Waals surface area contributed by atoms with Crippen molar-refractivity contribution in [3.05, 3.63) is 71.3 Å². The van der Waals surface area contributed by atoms with Gasteiger partial charge in [-0.25, -0.2) is 13.6 Å². The van der Waals surface area contributed by atoms with Gasteiger partial charge >= 0.3 is 5.97 Å². The Morgan fingerprint density at radius 2 is 1.88 bits per heavy atom. The summed E-state index contributed by atoms with van der Waals surface area (Å²) >= 11 is 0. The third kappa shape index (κ3) is 4.02. The van der Waals surface area contributed by atoms with Gasteiger partial charge in [-0.15, -0.1) is 0 Å². The zero-order valence-electron chi connectivity index (χ0n) is 13.3. The number of carboxylic acid groups (broad SMARTS) is 1. The first-order valence-electron chi connectivity index (χ1n) is 7.97. The van der Waals surface area contributed by atoms with Gasteiger partial charge in [0.05, 0.1) is 0 Å². The predicted molar refractivity (Wildman–Crippen MR) is 86.9 cm³/mol. The number of amides is 1. The molecule has 25 heavy (non-hydrogen) atoms. The van der Waals surface area contributed by atoms with E-state index in [9.17, 15) is 23.5 Å². The van der Waals surface area contributed by atoms with Gasteiger partial charge in [0.1, 0.15) is 17.7 Å². The van der Waals surface area contributed by atoms with Gasteiger partial charge in [-0.1, -0.05) is 36.4 Å². The molecule has 3 unspecified atom stereocenters. The van der Waals surface area contributed by atoms with E-state index in [-0.39, 0.29) is 17.9 Å². The molecular weight excluding hydrogens is 328 g/mol. The van der Waals surface area contributed by atoms with Crippen molar-refractivity contribution in [2.24, 2.45) is 5.92 Å². The second-order valence-electron chi connectivity index (χ2n) is 6.20. The Balaban J connectivity index is 1.64. The van der Waals surface area contributed by atoms with Crippen molar-refractivity contribution >= 4 is 11.9 Å². The maximum absolute atomic E-state index is 13.8. The molecule has 2 aromatic carbocycles. The molecule has 130 valence electrons. The normalized spacial score (nSPS) is 19.9. The number of halogens is 2. The molecular formula is C19H17F2NO3. The molecule has 1 aliphatic rings. The first-order chi connectivity index (χ1) is 12.0. The van der Waals surface area contributed by atoms with E-state index >= 15 is 0 Å². The van der Waals surface area contributed by atoms with Gasteiger partial charge in [-0.3, -0.25) is 4.79 Å². The lowest BCUT2D eigenvalue weighted by Gasteiger charge is -2.15. The monoisotopic (exact) mass is 345 g/mol. The smallest absolute Gasteiger partial charge is 0.326 e. The molecule has 1 amide bonds. The molecule has 3 atom stereocenters. The van der Waals surface area contributed by atoms with E-state index in [1.807, 2.05) is 6.07 Å². The van der Waals surface area contributed by atoms with Gasteiger partial charge in [0.2, 0.25) is 5.91 Å². The highest BCUT2D eigenvalue weighted by Crippen LogP contribution is 2.48. The van der Waals surface area contributed by atoms with E-state index in [1.54, 1.807) is 24.3 Å². The van der Waals surface area contributed by atoms with Crippen LogP contribution in [-0.4, -0.2) is 23.0 Å². The summed E-state index contributed by atoms with van der Waals surface area (Å²) in [7, 11) is 0. The maximum Gasteiger partial charge on any atom is 0.326 e. The standard InChI is InChI=1S/C19H17F2NO3/c20-12-6-7-13(16(21)9-12)14-10-15(14)18(23)22-17(19(24)25)8-11-4-2-1-3-5-11/h1-7,9,14-15,17H,8,10H2,(H,22,23)(H,24,25). The van der Waals surface area contributed by atoms with Gasteiger partial charge < -0.3 is 10.4 Å². The lowest BCUT2D eigenvalue weighted by atomic mass is 10.1. The molecule has 0 saturated heterocycles. The molecule has 2 aromatic rings. The van der Waals surface area contributed by atoms with Crippen molar-refractivity contribution in [2.75, 3.05) is 0 Å². The van der Waals surface area contributed by atoms with Crippen LogP contribution >= 0.6 is 0 Å². The van der Waals surface area contributed by atoms with Crippen LogP contribution in [0.2, 0.25) is 0 Å². The van der Waals surface area contributed by atoms with Crippen molar-refractivity contribution < 1.29 is 23.5 Å². The maximum atomic E-state index is 13.8. The van der Waals surface area contributed by atoms with Gasteiger partial charge in [-0.2, -0.15) is 0 Å². The molecule has 4 nitrogen and oxygen atoms in total. The average molecular weight is 345 g/mol. The number of nitrogens with one attached hydrogen (secondary N) is 1. The summed E-state index contributed by atoms with van der Waals surface area (Å²) in [5, 5.41) is 11.8. The third-order valence-electron chi connectivity index (χ3n) is 4.39. The van der Waals surface area contributed by atoms with Crippen LogP contribution in [0, 0.1) is 17.6 Å². The highest BCUT2D eigenvalue weighted by molar-refractivity contribution is 5.87. The number of aliphatic carboxylic acids is 1. The molecule has 0 heterocycles. The predicted octanol–water partition coefficient (Wildman–Crippen LogP) is 2.88. The number of rotatable bonds is 6. The van der Waals surface area contributed by atoms with Crippen LogP contribution in [0.3, 0.4) is 0 Å². The SMILES string of the molecule is O=C(O)C(Cc1ccccc1)NC(=O)C1CC1c1ccc(F)cc1F. The minimum atomic E-state index is -1.12. The molecule has 1 saturated carbocycles. The fourth-order valence-corrected chi connectivity index (χ4v) is 2.96. The summed E-state index contributed by atoms with van der Waals surface area (Å²) < 4.78 is 26.8. The highest BCUT2D eigenvalue weighted by Gasteiger charge is 2.46. The van der Waals surface area contributed by atoms with Crippen molar-refractivity contribution in [2.45, 2.75) is 24.8 Å². The number of carbonyl (C=O) groups is 2. The first kappa shape index (κ1) is 17.1. The highest BCUT2D eigenvalue weighted by atomic mass is 19.1. The van der Waals surface area contributed by atoms with Crippen LogP contribution in [0.15, 0.2) is 48.5 Å². The van der Waals surface area contributed by atoms with Crippen molar-refractivity contribution in [1.29, 1.82) is 0 Å². The van der Waals surface area contributed by atoms with E-state index < -0.39 is 35.5 Å². The number of carboxylic acids is 1. The van der Waals surface area contributed by atoms with Crippen LogP contribution < -0.4 is 5.32 Å². The number of benzene rings is 2. The second-order valence-corrected chi connectivity index (χ2v) is 6.20. The lowest BCUT2D eigenvalue weighted by molar-refractivity contribution is -0.142. The molecule has 0 aromatic heterocycles. The fraction of sp³-hybridized carbons (Fsp3) is 0.263. The summed E-state index contributed by atoms with van der Waals surface area (Å²) in [4.78, 5) is 23.7. The van der Waals surface area contributed by atoms with Crippen molar-refractivity contribution in [1.82, 2.24) is 5.32 Å². The molecule has 1 fully saturated rings. The molecule has 3 rings (SSSR count). The average Bonchev–Trinajstić information content (AvgIpc) is 3.35. The van der Waals surface area contributed by atoms with Crippen LogP contribution in [-0.2, 0) is 16.0 Å². The molecule has 0 radical (unpaired) electrons. The lowest BCUT2D eigenvalue weighted by Crippen LogP contribution is -2.43. The fourth-order valence-electron chi connectivity index (χ4n) is 2.96. The third-order valence-corrected chi connectivity index (χ3v) is 4.39. The summed E-state index contributed by atoms with van der Waals surface area (Å²) in [6.45, 7) is 0. The quantitative estimate of drug-likeness (QED) is 0.846. The summed E-state index contributed by atoms with van der Waals surface area (Å²) in [5.41, 5.74) is 1.09. The minimum Gasteiger partial charge on any atom is -0.480 e. The van der Waals surface area contributed by atoms with Crippen LogP contribution in [0.25, 0.3) is 0 Å². The summed E-state index contributed by atoms with van der Waals surface area (Å²) in [5.74, 6) is -3.72. The Morgan fingerprint density at radius 3 is 2.52 bits per heavy atom. The molecule has 0 spiro atoms. The Hall–Kier alpha value is -2.76. The Morgan fingerprint density at radius 1 is 1.16 bits per heavy atom. The van der Waals surface area contributed by atoms with E-state index in [4.69, 9.17) is 0 Å². The molecule has 2 N–H and O–H groups in total. The summed E-state index contributed by atoms with van der Waals surface area (Å²) in [6.07, 6.45) is 0.594. The van der Waals surface area contributed by atoms with E-state index in [0.717, 1.165) is 17.7 Å². The largest absolute Gasteiger partial charge is 0.480 e. The van der Waals surface area contributed by atoms with Gasteiger partial charge in [-0.05, 0) is 29.5 Å². The molecule has 1 aliphatic carbocycles. The van der Waals surface area contributed by atoms with Gasteiger partial charge in [0.25, 0.3) is 0 Å². The first-order valence-corrected chi connectivity index (χ1v) is 7.97. The van der Waals surface area contributed by atoms with Gasteiger partial charge in [0.15, 0.2) is 0 Å². The van der Waals surface area contributed by atoms with E-state index in [0.29, 0.717) is 6.42 Å². The number of hydrogen-bond donors (Lipinski definition) is 2. The van der Waals surface area contributed by atoms with Crippen molar-refractivity contribution in [3.8, 4) is 0 Å². The van der Waals surface area contributed by atoms with Crippen LogP contribution in [0.5, 0.6) is 0 Å². The van der Waals surface area contributed by atoms with Crippen LogP contribution in [0.4, 0.5) is 8.78 Å². The topological polar surface area (TPSA) is 66.4 Å². The Labute approximate surface area is 143 Å². The summed E-state index contributed by atoms with van der Waals surface area (Å²) in [6, 6.07) is 11.2.